The number of allylic oxidation sites excluding steroid dienone is 5. The molecular formula is C20H22I2Ti. The Balaban J connectivity index is 0.000000960. The van der Waals surface area contributed by atoms with Crippen LogP contribution in [0.1, 0.15) is 54.4 Å². The van der Waals surface area contributed by atoms with Crippen molar-refractivity contribution in [1.29, 1.82) is 0 Å². The van der Waals surface area contributed by atoms with Gasteiger partial charge in [0.05, 0.1) is 0 Å². The molecule has 0 aromatic heterocycles. The molecule has 3 aliphatic carbocycles. The number of halogens is 2. The maximum atomic E-state index is 2.62. The van der Waals surface area contributed by atoms with Crippen LogP contribution < -0.4 is 48.0 Å². The van der Waals surface area contributed by atoms with Crippen molar-refractivity contribution in [2.45, 2.75) is 43.3 Å². The summed E-state index contributed by atoms with van der Waals surface area (Å²) in [4.78, 5) is 0. The van der Waals surface area contributed by atoms with Crippen LogP contribution in [-0.4, -0.2) is 0 Å². The SMILES string of the molecule is CCC1[C]([Ti+2][CH]2C=Cc3ccccc32)=CC2=C1CCCC2.[I-].[I-]. The largest absolute Gasteiger partial charge is 1.00 e. The van der Waals surface area contributed by atoms with Crippen LogP contribution in [0.5, 0.6) is 0 Å². The fourth-order valence-electron chi connectivity index (χ4n) is 4.15. The number of fused-ring (bicyclic) bond motifs is 1. The van der Waals surface area contributed by atoms with Gasteiger partial charge in [-0.15, -0.1) is 0 Å². The molecule has 0 bridgehead atoms. The van der Waals surface area contributed by atoms with E-state index in [2.05, 4.69) is 49.4 Å². The van der Waals surface area contributed by atoms with Gasteiger partial charge in [0.2, 0.25) is 0 Å². The average Bonchev–Trinajstić information content (AvgIpc) is 3.09. The van der Waals surface area contributed by atoms with E-state index in [1.54, 1.807) is 11.1 Å². The van der Waals surface area contributed by atoms with E-state index in [9.17, 15) is 0 Å². The summed E-state index contributed by atoms with van der Waals surface area (Å²) in [6.07, 6.45) is 14.3. The van der Waals surface area contributed by atoms with Gasteiger partial charge in [0.1, 0.15) is 0 Å². The van der Waals surface area contributed by atoms with Crippen LogP contribution in [0.2, 0.25) is 0 Å². The molecule has 0 amide bonds. The summed E-state index contributed by atoms with van der Waals surface area (Å²) in [5.74, 6) is 0.807. The molecule has 2 atom stereocenters. The van der Waals surface area contributed by atoms with Gasteiger partial charge in [-0.1, -0.05) is 0 Å². The quantitative estimate of drug-likeness (QED) is 0.348. The average molecular weight is 564 g/mol. The maximum Gasteiger partial charge on any atom is -1.00 e. The molecule has 0 aliphatic heterocycles. The summed E-state index contributed by atoms with van der Waals surface area (Å²) in [6.45, 7) is 2.38. The van der Waals surface area contributed by atoms with Crippen LogP contribution in [0.3, 0.4) is 0 Å². The predicted octanol–water partition coefficient (Wildman–Crippen LogP) is -0.361. The topological polar surface area (TPSA) is 0 Å². The van der Waals surface area contributed by atoms with Crippen molar-refractivity contribution in [3.8, 4) is 0 Å². The van der Waals surface area contributed by atoms with Gasteiger partial charge in [-0.2, -0.15) is 0 Å². The van der Waals surface area contributed by atoms with Crippen LogP contribution in [-0.2, 0) is 19.2 Å². The zero-order valence-electron chi connectivity index (χ0n) is 13.5. The second-order valence-corrected chi connectivity index (χ2v) is 8.75. The minimum atomic E-state index is -0.0801. The van der Waals surface area contributed by atoms with Gasteiger partial charge in [-0.3, -0.25) is 0 Å². The van der Waals surface area contributed by atoms with Crippen LogP contribution in [0.25, 0.3) is 6.08 Å². The third kappa shape index (κ3) is 3.90. The molecule has 0 saturated heterocycles. The minimum absolute atomic E-state index is 0. The monoisotopic (exact) mass is 564 g/mol. The zero-order valence-corrected chi connectivity index (χ0v) is 19.4. The van der Waals surface area contributed by atoms with Crippen molar-refractivity contribution >= 4 is 6.08 Å². The van der Waals surface area contributed by atoms with Gasteiger partial charge in [-0.25, -0.2) is 0 Å². The van der Waals surface area contributed by atoms with Crippen LogP contribution in [0.4, 0.5) is 0 Å². The third-order valence-electron chi connectivity index (χ3n) is 5.21. The number of rotatable bonds is 3. The molecule has 3 heteroatoms. The van der Waals surface area contributed by atoms with Crippen molar-refractivity contribution < 1.29 is 67.1 Å². The van der Waals surface area contributed by atoms with Gasteiger partial charge in [-0.05, 0) is 0 Å². The second-order valence-electron chi connectivity index (χ2n) is 6.43. The number of hydrogen-bond donors (Lipinski definition) is 0. The number of benzene rings is 1. The Bertz CT molecular complexity index is 657. The van der Waals surface area contributed by atoms with Gasteiger partial charge < -0.3 is 48.0 Å². The Hall–Kier alpha value is 0.614. The molecule has 4 rings (SSSR count). The van der Waals surface area contributed by atoms with E-state index in [1.165, 1.54) is 37.7 Å². The second kappa shape index (κ2) is 8.82. The number of hydrogen-bond acceptors (Lipinski definition) is 0. The smallest absolute Gasteiger partial charge is 1.00 e. The zero-order chi connectivity index (χ0) is 14.2. The molecule has 1 aromatic rings. The molecule has 0 fully saturated rings. The first kappa shape index (κ1) is 19.9. The molecule has 0 heterocycles. The van der Waals surface area contributed by atoms with Crippen molar-refractivity contribution in [3.05, 3.63) is 62.6 Å². The van der Waals surface area contributed by atoms with Crippen molar-refractivity contribution in [2.75, 3.05) is 0 Å². The first-order valence-electron chi connectivity index (χ1n) is 8.34. The third-order valence-corrected chi connectivity index (χ3v) is 7.77. The van der Waals surface area contributed by atoms with Crippen molar-refractivity contribution in [1.82, 2.24) is 0 Å². The fourth-order valence-corrected chi connectivity index (χ4v) is 6.98. The molecule has 2 unspecified atom stereocenters. The predicted molar refractivity (Wildman–Crippen MR) is 85.6 cm³/mol. The van der Waals surface area contributed by atoms with Gasteiger partial charge in [0, 0.05) is 0 Å². The molecule has 0 nitrogen and oxygen atoms in total. The van der Waals surface area contributed by atoms with Gasteiger partial charge in [0.15, 0.2) is 0 Å². The molecule has 1 aromatic carbocycles. The van der Waals surface area contributed by atoms with Crippen LogP contribution in [0.15, 0.2) is 51.4 Å². The molecular weight excluding hydrogens is 542 g/mol. The maximum absolute atomic E-state index is 2.62. The summed E-state index contributed by atoms with van der Waals surface area (Å²) in [5.41, 5.74) is 6.58. The van der Waals surface area contributed by atoms with E-state index in [-0.39, 0.29) is 67.1 Å². The Kier molecular flexibility index (Phi) is 7.64. The van der Waals surface area contributed by atoms with E-state index in [0.717, 1.165) is 10.1 Å². The normalized spacial score (nSPS) is 24.1. The van der Waals surface area contributed by atoms with Crippen LogP contribution >= 0.6 is 0 Å². The van der Waals surface area contributed by atoms with E-state index in [4.69, 9.17) is 0 Å². The van der Waals surface area contributed by atoms with E-state index >= 15 is 0 Å². The molecule has 0 spiro atoms. The molecule has 3 aliphatic rings. The summed E-state index contributed by atoms with van der Waals surface area (Å²) in [6, 6.07) is 8.97. The first-order valence-corrected chi connectivity index (χ1v) is 10.0. The van der Waals surface area contributed by atoms with Gasteiger partial charge >= 0.3 is 137 Å². The van der Waals surface area contributed by atoms with Crippen molar-refractivity contribution in [2.24, 2.45) is 5.92 Å². The standard InChI is InChI=1S/C11H15.C9H7.2HI.Ti/c1-2-9-7-8-10-5-3-4-6-11(9)10;1-2-5-9-7-3-6-8(9)4-1;;;/h8-9H,2-6H2,1H3;1-7H;2*1H;/q;;;;+2/p-2. The summed E-state index contributed by atoms with van der Waals surface area (Å²) in [7, 11) is 0. The molecule has 0 radical (unpaired) electrons. The van der Waals surface area contributed by atoms with Gasteiger partial charge in [0.25, 0.3) is 0 Å². The first-order chi connectivity index (χ1) is 10.4. The minimum Gasteiger partial charge on any atom is -1.00 e. The van der Waals surface area contributed by atoms with E-state index in [0.29, 0.717) is 0 Å². The molecule has 120 valence electrons. The summed E-state index contributed by atoms with van der Waals surface area (Å²) in [5, 5.41) is 0. The van der Waals surface area contributed by atoms with E-state index < -0.39 is 0 Å². The fraction of sp³-hybridized carbons (Fsp3) is 0.400. The van der Waals surface area contributed by atoms with Crippen LogP contribution in [0, 0.1) is 5.92 Å². The summed E-state index contributed by atoms with van der Waals surface area (Å²) < 4.78 is 2.55. The Morgan fingerprint density at radius 2 is 1.87 bits per heavy atom. The Morgan fingerprint density at radius 3 is 2.70 bits per heavy atom. The Morgan fingerprint density at radius 1 is 1.09 bits per heavy atom. The van der Waals surface area contributed by atoms with E-state index in [1.807, 2.05) is 9.45 Å². The molecule has 0 saturated carbocycles. The Labute approximate surface area is 183 Å². The van der Waals surface area contributed by atoms with Crippen molar-refractivity contribution in [3.63, 3.8) is 0 Å². The summed E-state index contributed by atoms with van der Waals surface area (Å²) >= 11 is -0.0801. The molecule has 0 N–H and O–H groups in total. The molecule has 23 heavy (non-hydrogen) atoms.